The largest absolute Gasteiger partial charge is 0.356 e. The topological polar surface area (TPSA) is 108 Å². The highest BCUT2D eigenvalue weighted by atomic mass is 79.9. The lowest BCUT2D eigenvalue weighted by molar-refractivity contribution is 0.355. The van der Waals surface area contributed by atoms with Crippen LogP contribution in [0.15, 0.2) is 44.6 Å². The van der Waals surface area contributed by atoms with E-state index in [4.69, 9.17) is 0 Å². The molecule has 0 spiro atoms. The molecule has 0 saturated carbocycles. The van der Waals surface area contributed by atoms with E-state index in [1.54, 1.807) is 13.0 Å². The second-order valence-electron chi connectivity index (χ2n) is 8.31. The molecule has 0 aliphatic carbocycles. The molecule has 1 aliphatic rings. The fraction of sp³-hybridized carbons (Fsp3) is 0.381. The number of hydrogen-bond donors (Lipinski definition) is 2. The summed E-state index contributed by atoms with van der Waals surface area (Å²) in [5.74, 6) is 2.48. The smallest absolute Gasteiger partial charge is 0.263 e. The molecule has 1 saturated heterocycles. The van der Waals surface area contributed by atoms with E-state index in [-0.39, 0.29) is 15.8 Å². The first-order valence-electron chi connectivity index (χ1n) is 10.1. The number of fused-ring (bicyclic) bond motifs is 1. The molecular formula is C21H24BrN5O3S. The van der Waals surface area contributed by atoms with Gasteiger partial charge in [-0.2, -0.15) is 0 Å². The molecule has 2 aromatic heterocycles. The van der Waals surface area contributed by atoms with E-state index in [9.17, 15) is 13.2 Å². The van der Waals surface area contributed by atoms with Crippen molar-refractivity contribution >= 4 is 48.4 Å². The number of anilines is 2. The average molecular weight is 506 g/mol. The minimum absolute atomic E-state index is 0.0427. The van der Waals surface area contributed by atoms with Crippen LogP contribution in [0, 0.1) is 18.8 Å². The summed E-state index contributed by atoms with van der Waals surface area (Å²) in [6.07, 6.45) is 2.72. The Kier molecular flexibility index (Phi) is 5.78. The molecule has 0 amide bonds. The highest BCUT2D eigenvalue weighted by Gasteiger charge is 2.23. The molecule has 0 bridgehead atoms. The van der Waals surface area contributed by atoms with Crippen LogP contribution in [0.3, 0.4) is 0 Å². The van der Waals surface area contributed by atoms with Crippen LogP contribution in [0.25, 0.3) is 10.9 Å². The summed E-state index contributed by atoms with van der Waals surface area (Å²) in [4.78, 5) is 25.7. The molecule has 2 N–H and O–H groups in total. The van der Waals surface area contributed by atoms with Crippen molar-refractivity contribution in [2.24, 2.45) is 11.8 Å². The Morgan fingerprint density at radius 2 is 1.90 bits per heavy atom. The zero-order valence-corrected chi connectivity index (χ0v) is 19.9. The number of H-pyrrole nitrogens is 1. The van der Waals surface area contributed by atoms with Crippen molar-refractivity contribution in [1.29, 1.82) is 0 Å². The van der Waals surface area contributed by atoms with Crippen LogP contribution in [0.5, 0.6) is 0 Å². The van der Waals surface area contributed by atoms with Crippen molar-refractivity contribution in [3.05, 3.63) is 51.1 Å². The van der Waals surface area contributed by atoms with Crippen LogP contribution in [0.2, 0.25) is 0 Å². The van der Waals surface area contributed by atoms with E-state index in [0.29, 0.717) is 33.3 Å². The lowest BCUT2D eigenvalue weighted by atomic mass is 9.92. The second-order valence-corrected chi connectivity index (χ2v) is 10.8. The second kappa shape index (κ2) is 8.23. The van der Waals surface area contributed by atoms with Gasteiger partial charge in [0.25, 0.3) is 15.6 Å². The van der Waals surface area contributed by atoms with Gasteiger partial charge in [0.05, 0.1) is 22.8 Å². The number of nitrogens with one attached hydrogen (secondary N) is 2. The molecule has 10 heteroatoms. The van der Waals surface area contributed by atoms with Gasteiger partial charge in [-0.25, -0.2) is 18.4 Å². The number of nitrogens with zero attached hydrogens (tertiary/aromatic N) is 3. The third-order valence-electron chi connectivity index (χ3n) is 5.36. The number of benzene rings is 1. The number of aromatic nitrogens is 3. The summed E-state index contributed by atoms with van der Waals surface area (Å²) in [5, 5.41) is 0.205. The van der Waals surface area contributed by atoms with Crippen molar-refractivity contribution in [2.75, 3.05) is 22.7 Å². The highest BCUT2D eigenvalue weighted by molar-refractivity contribution is 9.10. The van der Waals surface area contributed by atoms with Crippen LogP contribution in [-0.4, -0.2) is 36.5 Å². The molecule has 3 aromatic rings. The molecule has 1 aromatic carbocycles. The first-order chi connectivity index (χ1) is 14.6. The molecule has 1 aliphatic heterocycles. The van der Waals surface area contributed by atoms with Crippen molar-refractivity contribution in [1.82, 2.24) is 15.0 Å². The number of pyridine rings is 1. The normalized spacial score (nSPS) is 19.5. The number of aryl methyl sites for hydroxylation is 1. The van der Waals surface area contributed by atoms with Crippen molar-refractivity contribution < 1.29 is 8.42 Å². The lowest BCUT2D eigenvalue weighted by Crippen LogP contribution is -2.39. The van der Waals surface area contributed by atoms with E-state index in [1.807, 2.05) is 6.07 Å². The Balaban J connectivity index is 1.60. The van der Waals surface area contributed by atoms with Crippen LogP contribution in [0.4, 0.5) is 11.5 Å². The molecule has 1 fully saturated rings. The van der Waals surface area contributed by atoms with Crippen LogP contribution < -0.4 is 15.2 Å². The Hall–Kier alpha value is -2.46. The van der Waals surface area contributed by atoms with E-state index >= 15 is 0 Å². The fourth-order valence-electron chi connectivity index (χ4n) is 4.16. The monoisotopic (exact) mass is 505 g/mol. The molecule has 8 nitrogen and oxygen atoms in total. The van der Waals surface area contributed by atoms with Gasteiger partial charge in [-0.3, -0.25) is 9.52 Å². The minimum atomic E-state index is -3.95. The van der Waals surface area contributed by atoms with E-state index in [2.05, 4.69) is 54.4 Å². The molecule has 164 valence electrons. The number of halogens is 1. The zero-order valence-electron chi connectivity index (χ0n) is 17.5. The quantitative estimate of drug-likeness (QED) is 0.559. The maximum absolute atomic E-state index is 13.0. The number of aromatic amines is 1. The van der Waals surface area contributed by atoms with E-state index in [0.717, 1.165) is 18.9 Å². The SMILES string of the molecule is Cc1nc2cc(Br)c(S(=O)(=O)Nc3ccc(N4C[C@@H](C)C[C@H](C)C4)nc3)cc2c(=O)[nH]1. The lowest BCUT2D eigenvalue weighted by Gasteiger charge is -2.35. The van der Waals surface area contributed by atoms with Gasteiger partial charge in [0.1, 0.15) is 16.5 Å². The van der Waals surface area contributed by atoms with Crippen LogP contribution in [0.1, 0.15) is 26.1 Å². The summed E-state index contributed by atoms with van der Waals surface area (Å²) in [7, 11) is -3.95. The van der Waals surface area contributed by atoms with Gasteiger partial charge in [-0.05, 0) is 65.4 Å². The number of piperidine rings is 1. The Morgan fingerprint density at radius 3 is 2.55 bits per heavy atom. The van der Waals surface area contributed by atoms with Gasteiger partial charge in [-0.15, -0.1) is 0 Å². The predicted octanol–water partition coefficient (Wildman–Crippen LogP) is 3.67. The molecule has 31 heavy (non-hydrogen) atoms. The summed E-state index contributed by atoms with van der Waals surface area (Å²) in [6.45, 7) is 8.01. The van der Waals surface area contributed by atoms with Crippen LogP contribution in [-0.2, 0) is 10.0 Å². The highest BCUT2D eigenvalue weighted by Crippen LogP contribution is 2.29. The summed E-state index contributed by atoms with van der Waals surface area (Å²) in [6, 6.07) is 6.39. The summed E-state index contributed by atoms with van der Waals surface area (Å²) < 4.78 is 28.9. The fourth-order valence-corrected chi connectivity index (χ4v) is 6.26. The molecule has 0 unspecified atom stereocenters. The third-order valence-corrected chi connectivity index (χ3v) is 7.70. The van der Waals surface area contributed by atoms with Gasteiger partial charge in [-0.1, -0.05) is 13.8 Å². The standard InChI is InChI=1S/C21H24BrN5O3S/c1-12-6-13(2)11-27(10-12)20-5-4-15(9-23-20)26-31(29,30)19-7-16-18(8-17(19)22)24-14(3)25-21(16)28/h4-5,7-9,12-13,26H,6,10-11H2,1-3H3,(H,24,25,28)/t12-,13-/m0/s1. The van der Waals surface area contributed by atoms with Crippen LogP contribution >= 0.6 is 15.9 Å². The zero-order chi connectivity index (χ0) is 22.3. The molecular weight excluding hydrogens is 482 g/mol. The molecule has 4 rings (SSSR count). The minimum Gasteiger partial charge on any atom is -0.356 e. The average Bonchev–Trinajstić information content (AvgIpc) is 2.66. The van der Waals surface area contributed by atoms with Gasteiger partial charge in [0.15, 0.2) is 0 Å². The number of hydrogen-bond acceptors (Lipinski definition) is 6. The first kappa shape index (κ1) is 21.8. The van der Waals surface area contributed by atoms with Gasteiger partial charge >= 0.3 is 0 Å². The number of sulfonamides is 1. The summed E-state index contributed by atoms with van der Waals surface area (Å²) >= 11 is 3.30. The van der Waals surface area contributed by atoms with Gasteiger partial charge < -0.3 is 9.88 Å². The number of rotatable bonds is 4. The van der Waals surface area contributed by atoms with E-state index in [1.165, 1.54) is 24.8 Å². The van der Waals surface area contributed by atoms with Crippen molar-refractivity contribution in [3.8, 4) is 0 Å². The Bertz CT molecular complexity index is 1280. The first-order valence-corrected chi connectivity index (χ1v) is 12.3. The molecule has 0 radical (unpaired) electrons. The van der Waals surface area contributed by atoms with Crippen molar-refractivity contribution in [2.45, 2.75) is 32.1 Å². The molecule has 3 heterocycles. The van der Waals surface area contributed by atoms with E-state index < -0.39 is 10.0 Å². The maximum Gasteiger partial charge on any atom is 0.263 e. The summed E-state index contributed by atoms with van der Waals surface area (Å²) in [5.41, 5.74) is 0.385. The third kappa shape index (κ3) is 4.59. The Labute approximate surface area is 189 Å². The van der Waals surface area contributed by atoms with Gasteiger partial charge in [0, 0.05) is 17.6 Å². The maximum atomic E-state index is 13.0. The van der Waals surface area contributed by atoms with Gasteiger partial charge in [0.2, 0.25) is 0 Å². The van der Waals surface area contributed by atoms with Crippen molar-refractivity contribution in [3.63, 3.8) is 0 Å². The predicted molar refractivity (Wildman–Crippen MR) is 125 cm³/mol. The Morgan fingerprint density at radius 1 is 1.19 bits per heavy atom. The molecule has 2 atom stereocenters.